The Bertz CT molecular complexity index is 1740. The number of H-pyrrole nitrogens is 2. The van der Waals surface area contributed by atoms with Crippen LogP contribution in [0.5, 0.6) is 23.0 Å². The Balaban J connectivity index is 0.000000135. The molecule has 4 saturated heterocycles. The molecule has 268 valence electrons. The van der Waals surface area contributed by atoms with E-state index in [-0.39, 0.29) is 0 Å². The smallest absolute Gasteiger partial charge is 0.162 e. The molecule has 8 heterocycles. The lowest BCUT2D eigenvalue weighted by atomic mass is 9.92. The minimum Gasteiger partial charge on any atom is -0.493 e. The van der Waals surface area contributed by atoms with Gasteiger partial charge >= 0.3 is 0 Å². The molecule has 0 radical (unpaired) electrons. The first kappa shape index (κ1) is 32.4. The lowest BCUT2D eigenvalue weighted by Crippen LogP contribution is -2.61. The molecule has 4 aromatic rings. The first-order valence-corrected chi connectivity index (χ1v) is 18.3. The van der Waals surface area contributed by atoms with E-state index in [2.05, 4.69) is 53.8 Å². The van der Waals surface area contributed by atoms with Gasteiger partial charge in [0.2, 0.25) is 0 Å². The van der Waals surface area contributed by atoms with Crippen molar-refractivity contribution in [1.82, 2.24) is 29.6 Å². The summed E-state index contributed by atoms with van der Waals surface area (Å²) in [5.74, 6) is 3.16. The number of aromatic amines is 2. The highest BCUT2D eigenvalue weighted by Crippen LogP contribution is 2.45. The Morgan fingerprint density at radius 1 is 0.560 bits per heavy atom. The summed E-state index contributed by atoms with van der Waals surface area (Å²) in [5.41, 5.74) is 7.94. The predicted octanol–water partition coefficient (Wildman–Crippen LogP) is 4.29. The van der Waals surface area contributed by atoms with E-state index in [0.29, 0.717) is 24.4 Å². The van der Waals surface area contributed by atoms with Gasteiger partial charge in [0.15, 0.2) is 23.0 Å². The van der Waals surface area contributed by atoms with E-state index in [1.165, 1.54) is 46.1 Å². The second-order valence-electron chi connectivity index (χ2n) is 14.3. The molecule has 0 aliphatic carbocycles. The minimum absolute atomic E-state index is 0.427. The Hall–Kier alpha value is -3.52. The quantitative estimate of drug-likeness (QED) is 0.324. The maximum atomic E-state index is 5.77. The lowest BCUT2D eigenvalue weighted by Gasteiger charge is -2.51. The van der Waals surface area contributed by atoms with Crippen molar-refractivity contribution < 1.29 is 28.4 Å². The monoisotopic (exact) mass is 686 g/mol. The van der Waals surface area contributed by atoms with Crippen molar-refractivity contribution in [2.24, 2.45) is 0 Å². The Morgan fingerprint density at radius 3 is 1.40 bits per heavy atom. The molecule has 12 nitrogen and oxygen atoms in total. The molecule has 0 unspecified atom stereocenters. The second kappa shape index (κ2) is 13.2. The highest BCUT2D eigenvalue weighted by atomic mass is 16.5. The summed E-state index contributed by atoms with van der Waals surface area (Å²) in [7, 11) is 6.77. The third kappa shape index (κ3) is 5.26. The van der Waals surface area contributed by atoms with Crippen LogP contribution in [-0.2, 0) is 22.3 Å². The number of aromatic nitrogens is 2. The van der Waals surface area contributed by atoms with Gasteiger partial charge in [0.05, 0.1) is 79.3 Å². The van der Waals surface area contributed by atoms with Gasteiger partial charge in [0.25, 0.3) is 0 Å². The van der Waals surface area contributed by atoms with Crippen LogP contribution in [0.15, 0.2) is 24.3 Å². The molecule has 50 heavy (non-hydrogen) atoms. The number of rotatable bonds is 4. The summed E-state index contributed by atoms with van der Waals surface area (Å²) in [5, 5.41) is 2.55. The molecule has 6 aliphatic rings. The molecule has 12 heteroatoms. The molecular formula is C38H50N6O6. The van der Waals surface area contributed by atoms with Crippen LogP contribution >= 0.6 is 0 Å². The number of methoxy groups -OCH3 is 4. The number of hydrogen-bond donors (Lipinski definition) is 2. The van der Waals surface area contributed by atoms with Crippen molar-refractivity contribution in [2.75, 3.05) is 94.1 Å². The molecule has 10 rings (SSSR count). The van der Waals surface area contributed by atoms with Gasteiger partial charge in [0.1, 0.15) is 0 Å². The highest BCUT2D eigenvalue weighted by molar-refractivity contribution is 5.89. The van der Waals surface area contributed by atoms with Crippen LogP contribution in [0, 0.1) is 0 Å². The minimum atomic E-state index is 0.427. The Kier molecular flexibility index (Phi) is 8.57. The van der Waals surface area contributed by atoms with E-state index in [0.717, 1.165) is 113 Å². The van der Waals surface area contributed by atoms with Gasteiger partial charge in [-0.25, -0.2) is 0 Å². The molecule has 0 bridgehead atoms. The van der Waals surface area contributed by atoms with E-state index in [9.17, 15) is 0 Å². The van der Waals surface area contributed by atoms with Crippen LogP contribution in [0.25, 0.3) is 21.8 Å². The van der Waals surface area contributed by atoms with Crippen molar-refractivity contribution in [1.29, 1.82) is 0 Å². The third-order valence-corrected chi connectivity index (χ3v) is 12.2. The van der Waals surface area contributed by atoms with Gasteiger partial charge in [-0.2, -0.15) is 0 Å². The van der Waals surface area contributed by atoms with Crippen LogP contribution in [-0.4, -0.2) is 136 Å². The molecule has 4 atom stereocenters. The van der Waals surface area contributed by atoms with Gasteiger partial charge in [-0.15, -0.1) is 0 Å². The van der Waals surface area contributed by atoms with Crippen LogP contribution in [0.1, 0.15) is 47.4 Å². The molecule has 0 amide bonds. The summed E-state index contributed by atoms with van der Waals surface area (Å²) in [4.78, 5) is 17.8. The van der Waals surface area contributed by atoms with E-state index in [1.807, 2.05) is 0 Å². The van der Waals surface area contributed by atoms with Crippen LogP contribution in [0.3, 0.4) is 0 Å². The predicted molar refractivity (Wildman–Crippen MR) is 191 cm³/mol. The van der Waals surface area contributed by atoms with E-state index in [1.54, 1.807) is 28.4 Å². The van der Waals surface area contributed by atoms with Gasteiger partial charge in [-0.3, -0.25) is 19.6 Å². The van der Waals surface area contributed by atoms with Gasteiger partial charge in [-0.05, 0) is 48.9 Å². The number of morpholine rings is 2. The SMILES string of the molecule is COc1cc2[nH]c3c(c2cc1OC)CCN1[C@@H]3CCN2CCOC[C@H]21.COc1cc2[nH]c3c(c2cc1OC)CCN1[C@H]3CCN2CCOC[C@@H]21. The van der Waals surface area contributed by atoms with Gasteiger partial charge in [-0.1, -0.05) is 0 Å². The lowest BCUT2D eigenvalue weighted by molar-refractivity contribution is -0.120. The fraction of sp³-hybridized carbons (Fsp3) is 0.579. The summed E-state index contributed by atoms with van der Waals surface area (Å²) >= 11 is 0. The average Bonchev–Trinajstić information content (AvgIpc) is 3.74. The van der Waals surface area contributed by atoms with Gasteiger partial charge in [0, 0.05) is 84.6 Å². The van der Waals surface area contributed by atoms with E-state index in [4.69, 9.17) is 28.4 Å². The van der Waals surface area contributed by atoms with Crippen LogP contribution in [0.2, 0.25) is 0 Å². The van der Waals surface area contributed by atoms with Crippen molar-refractivity contribution >= 4 is 21.8 Å². The standard InChI is InChI=1S/2C19H25N3O3/c2*1-23-16-9-13-12-3-6-22-15(4-5-21-7-8-25-11-18(21)22)19(12)20-14(13)10-17(16)24-2/h2*9-10,15,18,20H,3-8,11H2,1-2H3/t2*15-,18-/m10/s1. The summed E-state index contributed by atoms with van der Waals surface area (Å²) in [6.45, 7) is 9.98. The zero-order valence-electron chi connectivity index (χ0n) is 29.8. The summed E-state index contributed by atoms with van der Waals surface area (Å²) in [6, 6.07) is 9.29. The molecule has 6 aliphatic heterocycles. The molecule has 4 fully saturated rings. The number of hydrogen-bond acceptors (Lipinski definition) is 10. The molecule has 2 N–H and O–H groups in total. The largest absolute Gasteiger partial charge is 0.493 e. The molecular weight excluding hydrogens is 636 g/mol. The van der Waals surface area contributed by atoms with Crippen molar-refractivity contribution in [2.45, 2.75) is 50.1 Å². The number of nitrogens with zero attached hydrogens (tertiary/aromatic N) is 4. The summed E-state index contributed by atoms with van der Waals surface area (Å²) < 4.78 is 33.5. The van der Waals surface area contributed by atoms with E-state index < -0.39 is 0 Å². The molecule has 2 aromatic carbocycles. The maximum absolute atomic E-state index is 5.77. The Morgan fingerprint density at radius 2 is 0.980 bits per heavy atom. The third-order valence-electron chi connectivity index (χ3n) is 12.2. The van der Waals surface area contributed by atoms with Crippen LogP contribution in [0.4, 0.5) is 0 Å². The number of benzene rings is 2. The zero-order valence-corrected chi connectivity index (χ0v) is 29.8. The highest BCUT2D eigenvalue weighted by Gasteiger charge is 2.43. The fourth-order valence-electron chi connectivity index (χ4n) is 9.72. The van der Waals surface area contributed by atoms with Gasteiger partial charge < -0.3 is 38.4 Å². The van der Waals surface area contributed by atoms with Crippen molar-refractivity contribution in [3.63, 3.8) is 0 Å². The first-order chi connectivity index (χ1) is 24.6. The van der Waals surface area contributed by atoms with Crippen molar-refractivity contribution in [3.05, 3.63) is 46.8 Å². The van der Waals surface area contributed by atoms with E-state index >= 15 is 0 Å². The second-order valence-corrected chi connectivity index (χ2v) is 14.3. The Labute approximate surface area is 293 Å². The number of ether oxygens (including phenoxy) is 6. The first-order valence-electron chi connectivity index (χ1n) is 18.3. The topological polar surface area (TPSA) is 99.9 Å². The molecule has 2 aromatic heterocycles. The fourth-order valence-corrected chi connectivity index (χ4v) is 9.72. The molecule has 0 saturated carbocycles. The van der Waals surface area contributed by atoms with Crippen molar-refractivity contribution in [3.8, 4) is 23.0 Å². The zero-order chi connectivity index (χ0) is 33.9. The number of nitrogens with one attached hydrogen (secondary N) is 2. The van der Waals surface area contributed by atoms with Crippen LogP contribution < -0.4 is 18.9 Å². The normalized spacial score (nSPS) is 26.8. The number of fused-ring (bicyclic) bond motifs is 14. The average molecular weight is 687 g/mol. The molecule has 0 spiro atoms. The summed E-state index contributed by atoms with van der Waals surface area (Å²) in [6.07, 6.45) is 5.32. The maximum Gasteiger partial charge on any atom is 0.162 e.